The third-order valence-corrected chi connectivity index (χ3v) is 4.65. The van der Waals surface area contributed by atoms with Crippen molar-refractivity contribution in [3.8, 4) is 0 Å². The van der Waals surface area contributed by atoms with Crippen molar-refractivity contribution < 1.29 is 4.74 Å². The van der Waals surface area contributed by atoms with Gasteiger partial charge in [0.1, 0.15) is 5.52 Å². The smallest absolute Gasteiger partial charge is 0.113 e. The molecule has 5 heteroatoms. The van der Waals surface area contributed by atoms with Crippen LogP contribution in [-0.4, -0.2) is 52.2 Å². The van der Waals surface area contributed by atoms with Gasteiger partial charge in [0, 0.05) is 26.2 Å². The number of piperidine rings is 1. The fourth-order valence-electron chi connectivity index (χ4n) is 3.22. The van der Waals surface area contributed by atoms with Crippen molar-refractivity contribution in [1.29, 1.82) is 0 Å². The minimum Gasteiger partial charge on any atom is -0.378 e. The van der Waals surface area contributed by atoms with E-state index in [4.69, 9.17) is 4.74 Å². The van der Waals surface area contributed by atoms with E-state index in [0.29, 0.717) is 6.10 Å². The Morgan fingerprint density at radius 2 is 1.96 bits per heavy atom. The van der Waals surface area contributed by atoms with E-state index < -0.39 is 0 Å². The van der Waals surface area contributed by atoms with Gasteiger partial charge in [0.05, 0.1) is 11.6 Å². The van der Waals surface area contributed by atoms with Crippen molar-refractivity contribution in [3.63, 3.8) is 0 Å². The fraction of sp³-hybridized carbons (Fsp3) is 0.667. The number of nitrogens with zero attached hydrogens (tertiary/aromatic N) is 4. The average Bonchev–Trinajstić information content (AvgIpc) is 3.00. The van der Waals surface area contributed by atoms with Gasteiger partial charge < -0.3 is 9.64 Å². The lowest BCUT2D eigenvalue weighted by atomic mass is 10.1. The van der Waals surface area contributed by atoms with Gasteiger partial charge in [-0.25, -0.2) is 4.68 Å². The van der Waals surface area contributed by atoms with Crippen LogP contribution in [0.3, 0.4) is 0 Å². The first-order valence-electron chi connectivity index (χ1n) is 8.99. The highest BCUT2D eigenvalue weighted by Gasteiger charge is 2.19. The Bertz CT molecular complexity index is 589. The Hall–Kier alpha value is -1.46. The van der Waals surface area contributed by atoms with Gasteiger partial charge >= 0.3 is 0 Å². The second-order valence-electron chi connectivity index (χ2n) is 6.42. The summed E-state index contributed by atoms with van der Waals surface area (Å²) in [6.45, 7) is 7.54. The minimum atomic E-state index is 0.483. The summed E-state index contributed by atoms with van der Waals surface area (Å²) in [5.41, 5.74) is 2.12. The molecule has 0 saturated carbocycles. The summed E-state index contributed by atoms with van der Waals surface area (Å²) in [6, 6.07) is 8.16. The van der Waals surface area contributed by atoms with E-state index in [1.807, 2.05) is 22.9 Å². The number of unbranched alkanes of at least 4 members (excludes halogenated alkanes) is 1. The molecule has 23 heavy (non-hydrogen) atoms. The van der Waals surface area contributed by atoms with E-state index in [1.165, 1.54) is 25.7 Å². The summed E-state index contributed by atoms with van der Waals surface area (Å²) < 4.78 is 7.96. The van der Waals surface area contributed by atoms with Crippen LogP contribution in [0.1, 0.15) is 39.0 Å². The second-order valence-corrected chi connectivity index (χ2v) is 6.42. The normalized spacial score (nSPS) is 17.1. The molecule has 1 aliphatic heterocycles. The molecule has 5 nitrogen and oxygen atoms in total. The Kier molecular flexibility index (Phi) is 6.00. The molecule has 0 spiro atoms. The number of fused-ring (bicyclic) bond motifs is 1. The van der Waals surface area contributed by atoms with Gasteiger partial charge in [0.25, 0.3) is 0 Å². The maximum atomic E-state index is 5.93. The second kappa shape index (κ2) is 8.41. The molecule has 2 aromatic rings. The summed E-state index contributed by atoms with van der Waals surface area (Å²) in [7, 11) is 0. The number of aromatic nitrogens is 3. The van der Waals surface area contributed by atoms with Gasteiger partial charge in [0.2, 0.25) is 0 Å². The summed E-state index contributed by atoms with van der Waals surface area (Å²) >= 11 is 0. The first-order valence-corrected chi connectivity index (χ1v) is 8.99. The number of likely N-dealkylation sites (tertiary alicyclic amines) is 1. The van der Waals surface area contributed by atoms with Crippen LogP contribution in [0.2, 0.25) is 0 Å². The van der Waals surface area contributed by atoms with Crippen LogP contribution in [0, 0.1) is 0 Å². The third kappa shape index (κ3) is 4.52. The predicted octanol–water partition coefficient (Wildman–Crippen LogP) is 3.10. The SMILES string of the molecule is CCCCOC1CCN(CCCn2nnc3ccccc32)CC1. The third-order valence-electron chi connectivity index (χ3n) is 4.65. The molecule has 0 unspecified atom stereocenters. The molecule has 0 amide bonds. The van der Waals surface area contributed by atoms with E-state index in [0.717, 1.165) is 50.2 Å². The van der Waals surface area contributed by atoms with Crippen molar-refractivity contribution in [1.82, 2.24) is 19.9 Å². The van der Waals surface area contributed by atoms with Crippen molar-refractivity contribution in [2.45, 2.75) is 51.7 Å². The first-order chi connectivity index (χ1) is 11.4. The fourth-order valence-corrected chi connectivity index (χ4v) is 3.22. The largest absolute Gasteiger partial charge is 0.378 e. The summed E-state index contributed by atoms with van der Waals surface area (Å²) in [4.78, 5) is 2.55. The molecule has 1 saturated heterocycles. The van der Waals surface area contributed by atoms with Gasteiger partial charge in [0.15, 0.2) is 0 Å². The molecule has 0 atom stereocenters. The molecular formula is C18H28N4O. The number of ether oxygens (including phenoxy) is 1. The zero-order chi connectivity index (χ0) is 15.9. The molecule has 0 bridgehead atoms. The zero-order valence-corrected chi connectivity index (χ0v) is 14.2. The van der Waals surface area contributed by atoms with Crippen LogP contribution in [-0.2, 0) is 11.3 Å². The molecule has 0 N–H and O–H groups in total. The Morgan fingerprint density at radius 1 is 1.13 bits per heavy atom. The quantitative estimate of drug-likeness (QED) is 0.702. The highest BCUT2D eigenvalue weighted by molar-refractivity contribution is 5.73. The molecule has 3 rings (SSSR count). The van der Waals surface area contributed by atoms with Crippen LogP contribution in [0.5, 0.6) is 0 Å². The number of benzene rings is 1. The van der Waals surface area contributed by atoms with Crippen molar-refractivity contribution >= 4 is 11.0 Å². The van der Waals surface area contributed by atoms with Crippen LogP contribution in [0.4, 0.5) is 0 Å². The lowest BCUT2D eigenvalue weighted by Gasteiger charge is -2.31. The average molecular weight is 316 g/mol. The molecule has 126 valence electrons. The van der Waals surface area contributed by atoms with E-state index in [2.05, 4.69) is 28.2 Å². The Balaban J connectivity index is 1.37. The molecule has 1 fully saturated rings. The van der Waals surface area contributed by atoms with Crippen LogP contribution < -0.4 is 0 Å². The van der Waals surface area contributed by atoms with Crippen molar-refractivity contribution in [2.24, 2.45) is 0 Å². The molecule has 0 aliphatic carbocycles. The van der Waals surface area contributed by atoms with Gasteiger partial charge in [-0.2, -0.15) is 0 Å². The maximum absolute atomic E-state index is 5.93. The van der Waals surface area contributed by atoms with Gasteiger partial charge in [-0.1, -0.05) is 30.7 Å². The highest BCUT2D eigenvalue weighted by atomic mass is 16.5. The number of hydrogen-bond acceptors (Lipinski definition) is 4. The summed E-state index contributed by atoms with van der Waals surface area (Å²) in [5.74, 6) is 0. The lowest BCUT2D eigenvalue weighted by Crippen LogP contribution is -2.38. The van der Waals surface area contributed by atoms with E-state index >= 15 is 0 Å². The van der Waals surface area contributed by atoms with E-state index in [9.17, 15) is 0 Å². The predicted molar refractivity (Wildman–Crippen MR) is 92.5 cm³/mol. The van der Waals surface area contributed by atoms with Gasteiger partial charge in [-0.3, -0.25) is 0 Å². The molecule has 2 heterocycles. The monoisotopic (exact) mass is 316 g/mol. The van der Waals surface area contributed by atoms with Crippen molar-refractivity contribution in [3.05, 3.63) is 24.3 Å². The molecule has 0 radical (unpaired) electrons. The van der Waals surface area contributed by atoms with E-state index in [-0.39, 0.29) is 0 Å². The number of rotatable bonds is 8. The molecule has 1 aliphatic rings. The van der Waals surface area contributed by atoms with Crippen molar-refractivity contribution in [2.75, 3.05) is 26.2 Å². The maximum Gasteiger partial charge on any atom is 0.113 e. The first kappa shape index (κ1) is 16.4. The minimum absolute atomic E-state index is 0.483. The highest BCUT2D eigenvalue weighted by Crippen LogP contribution is 2.15. The van der Waals surface area contributed by atoms with Crippen LogP contribution in [0.25, 0.3) is 11.0 Å². The molecule has 1 aromatic heterocycles. The van der Waals surface area contributed by atoms with Crippen LogP contribution in [0.15, 0.2) is 24.3 Å². The Labute approximate surface area is 138 Å². The standard InChI is InChI=1S/C18H28N4O/c1-2-3-15-23-16-9-13-21(14-10-16)11-6-12-22-18-8-5-4-7-17(18)19-20-22/h4-5,7-8,16H,2-3,6,9-15H2,1H3. The van der Waals surface area contributed by atoms with Gasteiger partial charge in [-0.05, 0) is 44.4 Å². The molecular weight excluding hydrogens is 288 g/mol. The number of para-hydroxylation sites is 1. The van der Waals surface area contributed by atoms with Crippen LogP contribution >= 0.6 is 0 Å². The molecule has 1 aromatic carbocycles. The number of aryl methyl sites for hydroxylation is 1. The Morgan fingerprint density at radius 3 is 2.78 bits per heavy atom. The van der Waals surface area contributed by atoms with E-state index in [1.54, 1.807) is 0 Å². The number of hydrogen-bond donors (Lipinski definition) is 0. The lowest BCUT2D eigenvalue weighted by molar-refractivity contribution is 0.00602. The van der Waals surface area contributed by atoms with Gasteiger partial charge in [-0.15, -0.1) is 5.10 Å². The topological polar surface area (TPSA) is 43.2 Å². The summed E-state index contributed by atoms with van der Waals surface area (Å²) in [6.07, 6.45) is 6.36. The summed E-state index contributed by atoms with van der Waals surface area (Å²) in [5, 5.41) is 8.47. The zero-order valence-electron chi connectivity index (χ0n) is 14.2.